The Hall–Kier alpha value is -2.90. The molecule has 8 heteroatoms. The molecule has 0 bridgehead atoms. The number of rotatable bonds is 2. The second-order valence-electron chi connectivity index (χ2n) is 8.85. The molecule has 0 amide bonds. The highest BCUT2D eigenvalue weighted by Crippen LogP contribution is 2.39. The molecule has 6 nitrogen and oxygen atoms in total. The summed E-state index contributed by atoms with van der Waals surface area (Å²) in [7, 11) is 1.71. The van der Waals surface area contributed by atoms with Crippen molar-refractivity contribution in [3.8, 4) is 17.0 Å². The van der Waals surface area contributed by atoms with Crippen LogP contribution in [0, 0.1) is 12.7 Å². The van der Waals surface area contributed by atoms with Crippen molar-refractivity contribution in [2.45, 2.75) is 32.9 Å². The first-order chi connectivity index (χ1) is 15.2. The molecule has 0 aliphatic carbocycles. The molecule has 2 aromatic carbocycles. The van der Waals surface area contributed by atoms with Crippen LogP contribution in [-0.4, -0.2) is 45.0 Å². The van der Waals surface area contributed by atoms with Crippen LogP contribution in [0.25, 0.3) is 33.1 Å². The van der Waals surface area contributed by atoms with Crippen molar-refractivity contribution in [1.82, 2.24) is 20.1 Å². The SMILES string of the molecule is Cc1cc(N2C[C@@H](C)N[C@@H](C)C2)cc2c(Cl)cc(-c3cc4cn(C)nc4c(F)c3O)nc12. The summed E-state index contributed by atoms with van der Waals surface area (Å²) in [6, 6.07) is 8.35. The van der Waals surface area contributed by atoms with E-state index >= 15 is 0 Å². The summed E-state index contributed by atoms with van der Waals surface area (Å²) in [6.45, 7) is 8.19. The van der Waals surface area contributed by atoms with Gasteiger partial charge in [0.1, 0.15) is 5.52 Å². The topological polar surface area (TPSA) is 66.2 Å². The van der Waals surface area contributed by atoms with Crippen LogP contribution < -0.4 is 10.2 Å². The number of piperazine rings is 1. The number of pyridine rings is 1. The summed E-state index contributed by atoms with van der Waals surface area (Å²) in [5.41, 5.74) is 3.66. The number of aryl methyl sites for hydroxylation is 2. The monoisotopic (exact) mass is 453 g/mol. The largest absolute Gasteiger partial charge is 0.504 e. The zero-order valence-corrected chi connectivity index (χ0v) is 19.2. The Bertz CT molecular complexity index is 1360. The van der Waals surface area contributed by atoms with Gasteiger partial charge in [-0.15, -0.1) is 0 Å². The molecule has 1 saturated heterocycles. The smallest absolute Gasteiger partial charge is 0.193 e. The minimum Gasteiger partial charge on any atom is -0.504 e. The van der Waals surface area contributed by atoms with Crippen molar-refractivity contribution < 1.29 is 9.50 Å². The van der Waals surface area contributed by atoms with Crippen molar-refractivity contribution in [3.63, 3.8) is 0 Å². The van der Waals surface area contributed by atoms with Gasteiger partial charge >= 0.3 is 0 Å². The first kappa shape index (κ1) is 21.0. The van der Waals surface area contributed by atoms with Crippen molar-refractivity contribution in [2.24, 2.45) is 7.05 Å². The summed E-state index contributed by atoms with van der Waals surface area (Å²) in [5.74, 6) is -1.23. The summed E-state index contributed by atoms with van der Waals surface area (Å²) >= 11 is 6.70. The van der Waals surface area contributed by atoms with Crippen LogP contribution in [0.2, 0.25) is 5.02 Å². The number of nitrogens with one attached hydrogen (secondary N) is 1. The molecule has 1 aliphatic rings. The van der Waals surface area contributed by atoms with Crippen molar-refractivity contribution in [1.29, 1.82) is 0 Å². The van der Waals surface area contributed by atoms with E-state index in [0.29, 0.717) is 33.7 Å². The van der Waals surface area contributed by atoms with Gasteiger partial charge in [0, 0.05) is 60.4 Å². The molecule has 2 N–H and O–H groups in total. The van der Waals surface area contributed by atoms with E-state index < -0.39 is 11.6 Å². The van der Waals surface area contributed by atoms with E-state index in [1.807, 2.05) is 6.92 Å². The minimum absolute atomic E-state index is 0.126. The highest BCUT2D eigenvalue weighted by atomic mass is 35.5. The maximum Gasteiger partial charge on any atom is 0.193 e. The van der Waals surface area contributed by atoms with Gasteiger partial charge in [-0.3, -0.25) is 4.68 Å². The number of phenolic OH excluding ortho intramolecular Hbond substituents is 1. The second kappa shape index (κ2) is 7.60. The molecule has 3 heterocycles. The maximum absolute atomic E-state index is 14.8. The Balaban J connectivity index is 1.64. The number of fused-ring (bicyclic) bond motifs is 2. The van der Waals surface area contributed by atoms with E-state index in [9.17, 15) is 9.50 Å². The molecule has 0 spiro atoms. The molecule has 1 aliphatic heterocycles. The van der Waals surface area contributed by atoms with Crippen LogP contribution in [0.3, 0.4) is 0 Å². The van der Waals surface area contributed by atoms with Crippen LogP contribution in [0.15, 0.2) is 30.5 Å². The fourth-order valence-electron chi connectivity index (χ4n) is 4.73. The number of phenols is 1. The van der Waals surface area contributed by atoms with Gasteiger partial charge in [-0.1, -0.05) is 11.6 Å². The molecule has 32 heavy (non-hydrogen) atoms. The van der Waals surface area contributed by atoms with Gasteiger partial charge in [0.15, 0.2) is 11.6 Å². The van der Waals surface area contributed by atoms with Gasteiger partial charge in [0.2, 0.25) is 0 Å². The standard InChI is InChI=1S/C24H25ClFN5O/c1-12-5-16(31-9-13(2)27-14(3)10-31)7-17-19(25)8-20(28-22(12)17)18-6-15-11-30(4)29-23(15)21(26)24(18)32/h5-8,11,13-14,27,32H,9-10H2,1-4H3/t13-,14+. The molecule has 1 fully saturated rings. The lowest BCUT2D eigenvalue weighted by atomic mass is 10.0. The Morgan fingerprint density at radius 2 is 1.84 bits per heavy atom. The van der Waals surface area contributed by atoms with Crippen LogP contribution >= 0.6 is 11.6 Å². The summed E-state index contributed by atoms with van der Waals surface area (Å²) in [5, 5.41) is 20.1. The molecular formula is C24H25ClFN5O. The normalized spacial score (nSPS) is 19.2. The first-order valence-electron chi connectivity index (χ1n) is 10.7. The third-order valence-corrected chi connectivity index (χ3v) is 6.38. The predicted molar refractivity (Wildman–Crippen MR) is 127 cm³/mol. The highest BCUT2D eigenvalue weighted by Gasteiger charge is 2.23. The quantitative estimate of drug-likeness (QED) is 0.457. The Kier molecular flexibility index (Phi) is 4.98. The van der Waals surface area contributed by atoms with Gasteiger partial charge in [-0.25, -0.2) is 9.37 Å². The number of aromatic hydroxyl groups is 1. The lowest BCUT2D eigenvalue weighted by Gasteiger charge is -2.38. The van der Waals surface area contributed by atoms with Gasteiger partial charge in [0.05, 0.1) is 16.2 Å². The fraction of sp³-hybridized carbons (Fsp3) is 0.333. The second-order valence-corrected chi connectivity index (χ2v) is 9.26. The molecule has 0 saturated carbocycles. The number of benzene rings is 2. The molecule has 0 unspecified atom stereocenters. The lowest BCUT2D eigenvalue weighted by Crippen LogP contribution is -2.54. The van der Waals surface area contributed by atoms with Gasteiger partial charge < -0.3 is 15.3 Å². The van der Waals surface area contributed by atoms with Crippen molar-refractivity contribution >= 4 is 39.1 Å². The zero-order valence-electron chi connectivity index (χ0n) is 18.4. The minimum atomic E-state index is -0.759. The molecule has 4 aromatic rings. The van der Waals surface area contributed by atoms with Gasteiger partial charge in [-0.05, 0) is 50.6 Å². The van der Waals surface area contributed by atoms with Crippen LogP contribution in [-0.2, 0) is 7.05 Å². The van der Waals surface area contributed by atoms with E-state index in [1.165, 1.54) is 4.68 Å². The van der Waals surface area contributed by atoms with Gasteiger partial charge in [0.25, 0.3) is 0 Å². The third kappa shape index (κ3) is 3.45. The zero-order chi connectivity index (χ0) is 22.7. The molecule has 0 radical (unpaired) electrons. The van der Waals surface area contributed by atoms with E-state index in [1.54, 1.807) is 25.4 Å². The molecule has 5 rings (SSSR count). The van der Waals surface area contributed by atoms with Crippen LogP contribution in [0.5, 0.6) is 5.75 Å². The molecular weight excluding hydrogens is 429 g/mol. The van der Waals surface area contributed by atoms with E-state index in [0.717, 1.165) is 35.2 Å². The average Bonchev–Trinajstić information content (AvgIpc) is 3.11. The maximum atomic E-state index is 14.8. The number of nitrogens with zero attached hydrogens (tertiary/aromatic N) is 4. The fourth-order valence-corrected chi connectivity index (χ4v) is 4.98. The molecule has 166 valence electrons. The number of aromatic nitrogens is 3. The molecule has 2 aromatic heterocycles. The highest BCUT2D eigenvalue weighted by molar-refractivity contribution is 6.35. The Morgan fingerprint density at radius 1 is 1.12 bits per heavy atom. The van der Waals surface area contributed by atoms with Crippen molar-refractivity contribution in [2.75, 3.05) is 18.0 Å². The van der Waals surface area contributed by atoms with E-state index in [-0.39, 0.29) is 5.52 Å². The third-order valence-electron chi connectivity index (χ3n) is 6.06. The first-order valence-corrected chi connectivity index (χ1v) is 11.1. The lowest BCUT2D eigenvalue weighted by molar-refractivity contribution is 0.407. The molecule has 2 atom stereocenters. The number of hydrogen-bond acceptors (Lipinski definition) is 5. The number of anilines is 1. The predicted octanol–water partition coefficient (Wildman–Crippen LogP) is 4.78. The Labute approximate surface area is 190 Å². The van der Waals surface area contributed by atoms with Gasteiger partial charge in [-0.2, -0.15) is 5.10 Å². The average molecular weight is 454 g/mol. The van der Waals surface area contributed by atoms with Crippen LogP contribution in [0.1, 0.15) is 19.4 Å². The summed E-state index contributed by atoms with van der Waals surface area (Å²) in [4.78, 5) is 7.13. The Morgan fingerprint density at radius 3 is 2.56 bits per heavy atom. The van der Waals surface area contributed by atoms with E-state index in [2.05, 4.69) is 41.3 Å². The van der Waals surface area contributed by atoms with E-state index in [4.69, 9.17) is 16.6 Å². The number of halogens is 2. The summed E-state index contributed by atoms with van der Waals surface area (Å²) in [6.07, 6.45) is 1.71. The van der Waals surface area contributed by atoms with Crippen molar-refractivity contribution in [3.05, 3.63) is 46.9 Å². The summed E-state index contributed by atoms with van der Waals surface area (Å²) < 4.78 is 16.3. The number of hydrogen-bond donors (Lipinski definition) is 2. The van der Waals surface area contributed by atoms with Crippen LogP contribution in [0.4, 0.5) is 10.1 Å².